The lowest BCUT2D eigenvalue weighted by molar-refractivity contribution is -0.123. The number of esters is 1. The molecule has 0 fully saturated rings. The van der Waals surface area contributed by atoms with Crippen LogP contribution in [-0.4, -0.2) is 45.4 Å². The summed E-state index contributed by atoms with van der Waals surface area (Å²) in [5.41, 5.74) is 0.628. The summed E-state index contributed by atoms with van der Waals surface area (Å²) >= 11 is 6.11. The second-order valence-corrected chi connectivity index (χ2v) is 6.50. The van der Waals surface area contributed by atoms with E-state index in [-0.39, 0.29) is 16.3 Å². The number of benzene rings is 2. The van der Waals surface area contributed by atoms with Crippen LogP contribution in [-0.2, 0) is 9.53 Å². The minimum Gasteiger partial charge on any atom is -0.493 e. The lowest BCUT2D eigenvalue weighted by atomic mass is 10.2. The number of rotatable bonds is 6. The molecule has 0 aliphatic carbocycles. The van der Waals surface area contributed by atoms with Crippen LogP contribution in [0.2, 0.25) is 5.02 Å². The predicted octanol–water partition coefficient (Wildman–Crippen LogP) is 3.31. The van der Waals surface area contributed by atoms with Crippen molar-refractivity contribution in [3.8, 4) is 23.0 Å². The van der Waals surface area contributed by atoms with Gasteiger partial charge in [0.25, 0.3) is 5.91 Å². The molecule has 0 radical (unpaired) electrons. The molecule has 1 aliphatic heterocycles. The van der Waals surface area contributed by atoms with Gasteiger partial charge in [0.05, 0.1) is 24.8 Å². The predicted molar refractivity (Wildman–Crippen MR) is 105 cm³/mol. The van der Waals surface area contributed by atoms with Gasteiger partial charge < -0.3 is 29.0 Å². The maximum absolute atomic E-state index is 12.4. The molecule has 1 heterocycles. The monoisotopic (exact) mass is 421 g/mol. The third-order valence-electron chi connectivity index (χ3n) is 4.13. The number of ether oxygens (including phenoxy) is 5. The van der Waals surface area contributed by atoms with E-state index in [2.05, 4.69) is 5.32 Å². The molecule has 1 N–H and O–H groups in total. The van der Waals surface area contributed by atoms with Gasteiger partial charge >= 0.3 is 5.97 Å². The number of amides is 1. The van der Waals surface area contributed by atoms with Crippen molar-refractivity contribution in [2.45, 2.75) is 13.0 Å². The molecule has 8 nitrogen and oxygen atoms in total. The lowest BCUT2D eigenvalue weighted by Gasteiger charge is -2.19. The average molecular weight is 422 g/mol. The lowest BCUT2D eigenvalue weighted by Crippen LogP contribution is -2.30. The third-order valence-corrected chi connectivity index (χ3v) is 4.41. The highest BCUT2D eigenvalue weighted by atomic mass is 35.5. The summed E-state index contributed by atoms with van der Waals surface area (Å²) in [6, 6.07) is 7.84. The minimum absolute atomic E-state index is 0.131. The SMILES string of the molecule is COc1cc(C(=O)OC(C)C(=O)Nc2ccc3c(c2)OCCO3)cc(Cl)c1OC. The molecule has 0 saturated carbocycles. The molecule has 3 rings (SSSR count). The first-order chi connectivity index (χ1) is 13.9. The first-order valence-electron chi connectivity index (χ1n) is 8.76. The summed E-state index contributed by atoms with van der Waals surface area (Å²) < 4.78 is 26.5. The zero-order valence-corrected chi connectivity index (χ0v) is 16.9. The van der Waals surface area contributed by atoms with Gasteiger partial charge in [-0.25, -0.2) is 4.79 Å². The van der Waals surface area contributed by atoms with Crippen molar-refractivity contribution in [3.05, 3.63) is 40.9 Å². The van der Waals surface area contributed by atoms with E-state index < -0.39 is 18.0 Å². The van der Waals surface area contributed by atoms with Crippen LogP contribution in [0.3, 0.4) is 0 Å². The Morgan fingerprint density at radius 2 is 1.79 bits per heavy atom. The smallest absolute Gasteiger partial charge is 0.339 e. The summed E-state index contributed by atoms with van der Waals surface area (Å²) in [6.07, 6.45) is -1.05. The van der Waals surface area contributed by atoms with Crippen molar-refractivity contribution in [3.63, 3.8) is 0 Å². The van der Waals surface area contributed by atoms with Crippen molar-refractivity contribution in [2.75, 3.05) is 32.8 Å². The van der Waals surface area contributed by atoms with Gasteiger partial charge in [0, 0.05) is 11.8 Å². The molecule has 29 heavy (non-hydrogen) atoms. The van der Waals surface area contributed by atoms with Crippen LogP contribution in [0.4, 0.5) is 5.69 Å². The molecular formula is C20H20ClNO7. The first kappa shape index (κ1) is 20.6. The molecule has 9 heteroatoms. The van der Waals surface area contributed by atoms with E-state index in [9.17, 15) is 9.59 Å². The minimum atomic E-state index is -1.05. The standard InChI is InChI=1S/C20H20ClNO7/c1-11(19(23)22-13-4-5-15-16(10-13)28-7-6-27-15)29-20(24)12-8-14(21)18(26-3)17(9-12)25-2/h4-5,8-11H,6-7H2,1-3H3,(H,22,23). The van der Waals surface area contributed by atoms with Crippen molar-refractivity contribution >= 4 is 29.2 Å². The van der Waals surface area contributed by atoms with Crippen LogP contribution in [0.25, 0.3) is 0 Å². The van der Waals surface area contributed by atoms with Gasteiger partial charge in [-0.1, -0.05) is 11.6 Å². The highest BCUT2D eigenvalue weighted by Crippen LogP contribution is 2.36. The highest BCUT2D eigenvalue weighted by Gasteiger charge is 2.22. The Morgan fingerprint density at radius 1 is 1.07 bits per heavy atom. The molecule has 1 amide bonds. The fourth-order valence-corrected chi connectivity index (χ4v) is 2.97. The van der Waals surface area contributed by atoms with E-state index in [4.69, 9.17) is 35.3 Å². The van der Waals surface area contributed by atoms with E-state index in [0.29, 0.717) is 36.1 Å². The normalized spacial score (nSPS) is 13.2. The van der Waals surface area contributed by atoms with E-state index in [1.807, 2.05) is 0 Å². The van der Waals surface area contributed by atoms with Gasteiger partial charge in [-0.15, -0.1) is 0 Å². The Bertz CT molecular complexity index is 931. The molecule has 0 aromatic heterocycles. The summed E-state index contributed by atoms with van der Waals surface area (Å²) in [4.78, 5) is 24.8. The largest absolute Gasteiger partial charge is 0.493 e. The van der Waals surface area contributed by atoms with Crippen molar-refractivity contribution in [1.82, 2.24) is 0 Å². The Labute approximate surface area is 172 Å². The summed E-state index contributed by atoms with van der Waals surface area (Å²) in [5, 5.41) is 2.87. The number of methoxy groups -OCH3 is 2. The number of fused-ring (bicyclic) bond motifs is 1. The van der Waals surface area contributed by atoms with Gasteiger partial charge in [-0.2, -0.15) is 0 Å². The number of nitrogens with one attached hydrogen (secondary N) is 1. The molecule has 0 spiro atoms. The fourth-order valence-electron chi connectivity index (χ4n) is 2.68. The Hall–Kier alpha value is -3.13. The quantitative estimate of drug-likeness (QED) is 0.715. The number of anilines is 1. The molecular weight excluding hydrogens is 402 g/mol. The van der Waals surface area contributed by atoms with Crippen LogP contribution in [0.5, 0.6) is 23.0 Å². The molecule has 2 aromatic carbocycles. The summed E-state index contributed by atoms with van der Waals surface area (Å²) in [6.45, 7) is 2.38. The van der Waals surface area contributed by atoms with Crippen molar-refractivity contribution < 1.29 is 33.3 Å². The zero-order chi connectivity index (χ0) is 21.0. The van der Waals surface area contributed by atoms with E-state index in [0.717, 1.165) is 0 Å². The molecule has 0 bridgehead atoms. The third kappa shape index (κ3) is 4.65. The number of hydrogen-bond acceptors (Lipinski definition) is 7. The maximum Gasteiger partial charge on any atom is 0.339 e. The molecule has 154 valence electrons. The van der Waals surface area contributed by atoms with Gasteiger partial charge in [0.2, 0.25) is 0 Å². The number of carbonyl (C=O) groups is 2. The number of carbonyl (C=O) groups excluding carboxylic acids is 2. The fraction of sp³-hybridized carbons (Fsp3) is 0.300. The van der Waals surface area contributed by atoms with Crippen LogP contribution in [0, 0.1) is 0 Å². The molecule has 0 saturated heterocycles. The van der Waals surface area contributed by atoms with Gasteiger partial charge in [0.15, 0.2) is 29.1 Å². The first-order valence-corrected chi connectivity index (χ1v) is 9.13. The van der Waals surface area contributed by atoms with Crippen molar-refractivity contribution in [1.29, 1.82) is 0 Å². The summed E-state index contributed by atoms with van der Waals surface area (Å²) in [5.74, 6) is 0.507. The van der Waals surface area contributed by atoms with Crippen molar-refractivity contribution in [2.24, 2.45) is 0 Å². The second-order valence-electron chi connectivity index (χ2n) is 6.09. The molecule has 1 aliphatic rings. The Kier molecular flexibility index (Phi) is 6.33. The Balaban J connectivity index is 1.66. The van der Waals surface area contributed by atoms with Crippen LogP contribution >= 0.6 is 11.6 Å². The van der Waals surface area contributed by atoms with Gasteiger partial charge in [-0.3, -0.25) is 4.79 Å². The average Bonchev–Trinajstić information content (AvgIpc) is 2.72. The topological polar surface area (TPSA) is 92.3 Å². The van der Waals surface area contributed by atoms with Crippen LogP contribution in [0.1, 0.15) is 17.3 Å². The van der Waals surface area contributed by atoms with Crippen LogP contribution in [0.15, 0.2) is 30.3 Å². The summed E-state index contributed by atoms with van der Waals surface area (Å²) in [7, 11) is 2.86. The van der Waals surface area contributed by atoms with E-state index in [1.165, 1.54) is 33.3 Å². The second kappa shape index (κ2) is 8.91. The Morgan fingerprint density at radius 3 is 2.48 bits per heavy atom. The molecule has 2 aromatic rings. The van der Waals surface area contributed by atoms with E-state index in [1.54, 1.807) is 18.2 Å². The zero-order valence-electron chi connectivity index (χ0n) is 16.1. The molecule has 1 atom stereocenters. The molecule has 1 unspecified atom stereocenters. The highest BCUT2D eigenvalue weighted by molar-refractivity contribution is 6.32. The number of hydrogen-bond donors (Lipinski definition) is 1. The van der Waals surface area contributed by atoms with Gasteiger partial charge in [0.1, 0.15) is 13.2 Å². The number of halogens is 1. The van der Waals surface area contributed by atoms with Gasteiger partial charge in [-0.05, 0) is 31.2 Å². The van der Waals surface area contributed by atoms with E-state index >= 15 is 0 Å². The van der Waals surface area contributed by atoms with Crippen LogP contribution < -0.4 is 24.3 Å². The maximum atomic E-state index is 12.4.